The Bertz CT molecular complexity index is 1060. The van der Waals surface area contributed by atoms with Crippen LogP contribution in [0.3, 0.4) is 0 Å². The predicted octanol–water partition coefficient (Wildman–Crippen LogP) is 3.86. The lowest BCUT2D eigenvalue weighted by molar-refractivity contribution is -0.116. The van der Waals surface area contributed by atoms with Gasteiger partial charge in [-0.1, -0.05) is 17.7 Å². The van der Waals surface area contributed by atoms with Crippen molar-refractivity contribution < 1.29 is 9.59 Å². The molecule has 4 rings (SSSR count). The van der Waals surface area contributed by atoms with Gasteiger partial charge in [-0.25, -0.2) is 4.98 Å². The predicted molar refractivity (Wildman–Crippen MR) is 120 cm³/mol. The number of halogens is 1. The molecule has 2 heterocycles. The van der Waals surface area contributed by atoms with Gasteiger partial charge in [0.2, 0.25) is 5.91 Å². The van der Waals surface area contributed by atoms with Crippen LogP contribution in [0.4, 0.5) is 5.69 Å². The van der Waals surface area contributed by atoms with Gasteiger partial charge >= 0.3 is 0 Å². The molecule has 1 fully saturated rings. The summed E-state index contributed by atoms with van der Waals surface area (Å²) in [6.45, 7) is 2.77. The highest BCUT2D eigenvalue weighted by Crippen LogP contribution is 2.35. The maximum atomic E-state index is 12.3. The Kier molecular flexibility index (Phi) is 6.32. The van der Waals surface area contributed by atoms with E-state index in [1.807, 2.05) is 18.2 Å². The number of carbonyl (C=O) groups excluding carboxylic acids is 2. The van der Waals surface area contributed by atoms with E-state index in [-0.39, 0.29) is 11.8 Å². The van der Waals surface area contributed by atoms with Crippen LogP contribution in [0.2, 0.25) is 5.02 Å². The molecule has 2 N–H and O–H groups in total. The summed E-state index contributed by atoms with van der Waals surface area (Å²) in [5.74, 6) is 0.381. The third kappa shape index (κ3) is 5.30. The summed E-state index contributed by atoms with van der Waals surface area (Å²) >= 11 is 6.51. The lowest BCUT2D eigenvalue weighted by atomic mass is 10.1. The van der Waals surface area contributed by atoms with Crippen LogP contribution >= 0.6 is 11.6 Å². The summed E-state index contributed by atoms with van der Waals surface area (Å²) in [5.41, 5.74) is 3.71. The van der Waals surface area contributed by atoms with E-state index in [2.05, 4.69) is 20.3 Å². The molecule has 1 aromatic carbocycles. The fourth-order valence-corrected chi connectivity index (χ4v) is 3.66. The Morgan fingerprint density at radius 1 is 1.23 bits per heavy atom. The number of nitrogens with one attached hydrogen (secondary N) is 2. The second-order valence-electron chi connectivity index (χ2n) is 7.75. The van der Waals surface area contributed by atoms with Crippen molar-refractivity contribution in [3.05, 3.63) is 65.3 Å². The number of hydrogen-bond acceptors (Lipinski definition) is 4. The fourth-order valence-electron chi connectivity index (χ4n) is 3.37. The third-order valence-corrected chi connectivity index (χ3v) is 5.62. The van der Waals surface area contributed by atoms with Gasteiger partial charge in [0, 0.05) is 50.1 Å². The topological polar surface area (TPSA) is 91.0 Å². The molecule has 0 aliphatic heterocycles. The quantitative estimate of drug-likeness (QED) is 0.559. The first-order chi connectivity index (χ1) is 15.0. The number of aromatic nitrogens is 3. The molecular weight excluding hydrogens is 414 g/mol. The van der Waals surface area contributed by atoms with Gasteiger partial charge < -0.3 is 15.2 Å². The molecule has 2 aromatic heterocycles. The van der Waals surface area contributed by atoms with E-state index in [4.69, 9.17) is 11.6 Å². The number of aromatic amines is 1. The zero-order chi connectivity index (χ0) is 21.8. The number of H-pyrrole nitrogens is 1. The monoisotopic (exact) mass is 437 g/mol. The van der Waals surface area contributed by atoms with E-state index in [0.717, 1.165) is 29.8 Å². The lowest BCUT2D eigenvalue weighted by Gasteiger charge is -2.22. The number of amides is 2. The molecule has 8 heteroatoms. The zero-order valence-electron chi connectivity index (χ0n) is 17.3. The van der Waals surface area contributed by atoms with E-state index in [1.54, 1.807) is 42.7 Å². The maximum Gasteiger partial charge on any atom is 0.252 e. The summed E-state index contributed by atoms with van der Waals surface area (Å²) < 4.78 is 0. The molecule has 1 saturated carbocycles. The SMILES string of the molecule is CC(=O)N(CC1CC1)c1ccc(-c2ccc(C(=O)NCCc3cnc[nH]3)cn2)cc1Cl. The average molecular weight is 438 g/mol. The van der Waals surface area contributed by atoms with Crippen molar-refractivity contribution >= 4 is 29.1 Å². The maximum absolute atomic E-state index is 12.3. The molecule has 3 aromatic rings. The largest absolute Gasteiger partial charge is 0.352 e. The number of imidazole rings is 1. The van der Waals surface area contributed by atoms with Gasteiger partial charge in [0.05, 0.1) is 28.3 Å². The average Bonchev–Trinajstić information content (AvgIpc) is 3.44. The first kappa shape index (κ1) is 21.1. The number of hydrogen-bond donors (Lipinski definition) is 2. The van der Waals surface area contributed by atoms with Crippen LogP contribution in [0.1, 0.15) is 35.8 Å². The molecule has 0 spiro atoms. The van der Waals surface area contributed by atoms with E-state index in [9.17, 15) is 9.59 Å². The first-order valence-electron chi connectivity index (χ1n) is 10.3. The number of carbonyl (C=O) groups is 2. The summed E-state index contributed by atoms with van der Waals surface area (Å²) in [7, 11) is 0. The van der Waals surface area contributed by atoms with Crippen molar-refractivity contribution in [3.8, 4) is 11.3 Å². The summed E-state index contributed by atoms with van der Waals surface area (Å²) in [4.78, 5) is 37.5. The van der Waals surface area contributed by atoms with Crippen molar-refractivity contribution in [3.63, 3.8) is 0 Å². The van der Waals surface area contributed by atoms with Crippen molar-refractivity contribution in [1.82, 2.24) is 20.3 Å². The number of rotatable bonds is 8. The van der Waals surface area contributed by atoms with Crippen molar-refractivity contribution in [2.45, 2.75) is 26.2 Å². The van der Waals surface area contributed by atoms with Gasteiger partial charge in [0.1, 0.15) is 0 Å². The second kappa shape index (κ2) is 9.31. The zero-order valence-corrected chi connectivity index (χ0v) is 18.0. The Morgan fingerprint density at radius 2 is 2.06 bits per heavy atom. The van der Waals surface area contributed by atoms with Crippen molar-refractivity contribution in [1.29, 1.82) is 0 Å². The molecular formula is C23H24ClN5O2. The van der Waals surface area contributed by atoms with E-state index in [1.165, 1.54) is 0 Å². The molecule has 0 bridgehead atoms. The Hall–Kier alpha value is -3.19. The minimum absolute atomic E-state index is 0.0115. The Labute approximate surface area is 185 Å². The molecule has 160 valence electrons. The second-order valence-corrected chi connectivity index (χ2v) is 8.16. The molecule has 2 amide bonds. The van der Waals surface area contributed by atoms with Crippen LogP contribution in [0.25, 0.3) is 11.3 Å². The molecule has 1 aliphatic rings. The third-order valence-electron chi connectivity index (χ3n) is 5.31. The molecule has 0 saturated heterocycles. The molecule has 7 nitrogen and oxygen atoms in total. The lowest BCUT2D eigenvalue weighted by Crippen LogP contribution is -2.30. The van der Waals surface area contributed by atoms with E-state index < -0.39 is 0 Å². The van der Waals surface area contributed by atoms with Crippen LogP contribution in [0.15, 0.2) is 49.1 Å². The molecule has 1 aliphatic carbocycles. The van der Waals surface area contributed by atoms with E-state index in [0.29, 0.717) is 41.7 Å². The highest BCUT2D eigenvalue weighted by atomic mass is 35.5. The summed E-state index contributed by atoms with van der Waals surface area (Å²) in [5, 5.41) is 3.38. The summed E-state index contributed by atoms with van der Waals surface area (Å²) in [6.07, 6.45) is 7.90. The van der Waals surface area contributed by atoms with Gasteiger partial charge in [0.25, 0.3) is 5.91 Å². The minimum Gasteiger partial charge on any atom is -0.352 e. The smallest absolute Gasteiger partial charge is 0.252 e. The number of pyridine rings is 1. The van der Waals surface area contributed by atoms with Crippen LogP contribution in [0, 0.1) is 5.92 Å². The van der Waals surface area contributed by atoms with Crippen LogP contribution in [-0.4, -0.2) is 39.9 Å². The van der Waals surface area contributed by atoms with Gasteiger partial charge in [0.15, 0.2) is 0 Å². The highest BCUT2D eigenvalue weighted by Gasteiger charge is 2.27. The number of benzene rings is 1. The van der Waals surface area contributed by atoms with Gasteiger partial charge in [-0.2, -0.15) is 0 Å². The Morgan fingerprint density at radius 3 is 2.68 bits per heavy atom. The normalized spacial score (nSPS) is 13.1. The van der Waals surface area contributed by atoms with E-state index >= 15 is 0 Å². The minimum atomic E-state index is -0.177. The molecule has 0 unspecified atom stereocenters. The van der Waals surface area contributed by atoms with Crippen molar-refractivity contribution in [2.75, 3.05) is 18.0 Å². The van der Waals surface area contributed by atoms with Crippen molar-refractivity contribution in [2.24, 2.45) is 5.92 Å². The van der Waals surface area contributed by atoms with Gasteiger partial charge in [-0.05, 0) is 43.0 Å². The number of anilines is 1. The molecule has 0 radical (unpaired) electrons. The molecule has 31 heavy (non-hydrogen) atoms. The number of nitrogens with zero attached hydrogens (tertiary/aromatic N) is 3. The fraction of sp³-hybridized carbons (Fsp3) is 0.304. The standard InChI is InChI=1S/C23H24ClN5O2/c1-15(30)29(13-16-2-3-16)22-7-5-17(10-20(22)24)21-6-4-18(11-27-21)23(31)26-9-8-19-12-25-14-28-19/h4-7,10-12,14,16H,2-3,8-9,13H2,1H3,(H,25,28)(H,26,31). The van der Waals surface area contributed by atoms with Gasteiger partial charge in [-0.3, -0.25) is 14.6 Å². The highest BCUT2D eigenvalue weighted by molar-refractivity contribution is 6.34. The molecule has 0 atom stereocenters. The van der Waals surface area contributed by atoms with Crippen LogP contribution in [-0.2, 0) is 11.2 Å². The first-order valence-corrected chi connectivity index (χ1v) is 10.7. The van der Waals surface area contributed by atoms with Gasteiger partial charge in [-0.15, -0.1) is 0 Å². The van der Waals surface area contributed by atoms with Crippen LogP contribution in [0.5, 0.6) is 0 Å². The summed E-state index contributed by atoms with van der Waals surface area (Å²) in [6, 6.07) is 9.11. The Balaban J connectivity index is 1.41. The van der Waals surface area contributed by atoms with Crippen LogP contribution < -0.4 is 10.2 Å².